The van der Waals surface area contributed by atoms with E-state index >= 15 is 0 Å². The molecule has 5 aromatic rings. The van der Waals surface area contributed by atoms with Crippen LogP contribution in [0.15, 0.2) is 35.1 Å². The summed E-state index contributed by atoms with van der Waals surface area (Å²) in [6.45, 7) is 8.07. The molecule has 7 rings (SSSR count). The van der Waals surface area contributed by atoms with Gasteiger partial charge < -0.3 is 25.3 Å². The topological polar surface area (TPSA) is 198 Å². The second kappa shape index (κ2) is 15.2. The number of H-pyrrole nitrogens is 1. The van der Waals surface area contributed by atoms with Gasteiger partial charge in [-0.25, -0.2) is 29.5 Å². The van der Waals surface area contributed by atoms with Gasteiger partial charge in [-0.15, -0.1) is 13.2 Å². The lowest BCUT2D eigenvalue weighted by atomic mass is 9.93. The molecule has 0 aliphatic heterocycles. The number of hydrogen-bond acceptors (Lipinski definition) is 13. The van der Waals surface area contributed by atoms with Crippen molar-refractivity contribution in [1.82, 2.24) is 39.9 Å². The molecule has 4 N–H and O–H groups in total. The number of nitrogen functional groups attached to an aromatic ring is 1. The molecular formula is C34H34BrF3N10O5. The number of halogens is 4. The maximum absolute atomic E-state index is 12.7. The Hall–Kier alpha value is -5.59. The molecular weight excluding hydrogens is 765 g/mol. The lowest BCUT2D eigenvalue weighted by Crippen LogP contribution is -2.18. The van der Waals surface area contributed by atoms with Crippen molar-refractivity contribution in [3.8, 4) is 28.5 Å². The van der Waals surface area contributed by atoms with Crippen molar-refractivity contribution >= 4 is 45.5 Å². The number of hydrogen-bond donors (Lipinski definition) is 3. The number of fused-ring (bicyclic) bond motifs is 6. The minimum absolute atomic E-state index is 0.0273. The van der Waals surface area contributed by atoms with E-state index in [4.69, 9.17) is 15.2 Å². The van der Waals surface area contributed by atoms with Gasteiger partial charge >= 0.3 is 18.3 Å². The highest BCUT2D eigenvalue weighted by atomic mass is 79.9. The fourth-order valence-electron chi connectivity index (χ4n) is 5.99. The summed E-state index contributed by atoms with van der Waals surface area (Å²) in [6.07, 6.45) is 1.10. The van der Waals surface area contributed by atoms with Gasteiger partial charge in [-0.3, -0.25) is 9.78 Å². The molecule has 19 heteroatoms. The van der Waals surface area contributed by atoms with Crippen LogP contribution in [0.1, 0.15) is 77.0 Å². The summed E-state index contributed by atoms with van der Waals surface area (Å²) < 4.78 is 54.8. The quantitative estimate of drug-likeness (QED) is 0.148. The summed E-state index contributed by atoms with van der Waals surface area (Å²) in [5, 5.41) is 14.1. The van der Waals surface area contributed by atoms with Crippen LogP contribution in [-0.4, -0.2) is 71.4 Å². The zero-order valence-corrected chi connectivity index (χ0v) is 30.6. The van der Waals surface area contributed by atoms with Gasteiger partial charge in [0.2, 0.25) is 11.9 Å². The Morgan fingerprint density at radius 2 is 1.62 bits per heavy atom. The number of anilines is 3. The number of carbonyl (C=O) groups is 2. The summed E-state index contributed by atoms with van der Waals surface area (Å²) in [5.74, 6) is -1.06. The molecule has 53 heavy (non-hydrogen) atoms. The SMILES string of the molecule is CCOC(=O)c1n[nH]c2c1CCc1cnc(Nc3cc(Br)ccc3OC(F)(F)F)nc1-2.CCOC(=O)c1nn(C(C)C)c2c1CCc1cnc(N)nc1-2. The molecule has 1 aromatic carbocycles. The van der Waals surface area contributed by atoms with E-state index in [2.05, 4.69) is 61.2 Å². The highest BCUT2D eigenvalue weighted by molar-refractivity contribution is 9.10. The maximum Gasteiger partial charge on any atom is 0.573 e. The zero-order valence-electron chi connectivity index (χ0n) is 29.0. The predicted octanol–water partition coefficient (Wildman–Crippen LogP) is 6.33. The van der Waals surface area contributed by atoms with Crippen LogP contribution < -0.4 is 15.8 Å². The van der Waals surface area contributed by atoms with E-state index in [0.717, 1.165) is 40.9 Å². The van der Waals surface area contributed by atoms with Crippen LogP contribution in [0.3, 0.4) is 0 Å². The Labute approximate surface area is 309 Å². The number of aromatic amines is 1. The van der Waals surface area contributed by atoms with Crippen molar-refractivity contribution in [1.29, 1.82) is 0 Å². The van der Waals surface area contributed by atoms with E-state index in [1.165, 1.54) is 18.2 Å². The number of aryl methyl sites for hydroxylation is 2. The second-order valence-electron chi connectivity index (χ2n) is 12.1. The molecule has 278 valence electrons. The van der Waals surface area contributed by atoms with E-state index in [-0.39, 0.29) is 41.9 Å². The largest absolute Gasteiger partial charge is 0.573 e. The fourth-order valence-corrected chi connectivity index (χ4v) is 6.36. The van der Waals surface area contributed by atoms with E-state index in [1.54, 1.807) is 26.2 Å². The van der Waals surface area contributed by atoms with Gasteiger partial charge in [0.25, 0.3) is 0 Å². The summed E-state index contributed by atoms with van der Waals surface area (Å²) in [4.78, 5) is 41.4. The first kappa shape index (κ1) is 37.2. The van der Waals surface area contributed by atoms with Gasteiger partial charge in [0.1, 0.15) is 0 Å². The standard InChI is InChI=1S/C19H15BrF3N5O3.C15H19N5O2/c1-2-30-17(29)16-11-5-3-9-8-24-18(26-14(9)15(11)27-28-16)25-12-7-10(20)4-6-13(12)31-19(21,22)23;1-4-22-14(21)12-10-6-5-9-7-17-15(16)18-11(9)13(10)20(19-12)8(2)3/h4,6-8H,2-3,5H2,1H3,(H,27,28)(H,24,25,26);7-8H,4-6H2,1-3H3,(H2,16,17,18). The number of alkyl halides is 3. The number of benzene rings is 1. The minimum atomic E-state index is -4.85. The number of aromatic nitrogens is 8. The maximum atomic E-state index is 12.7. The lowest BCUT2D eigenvalue weighted by Gasteiger charge is -2.18. The van der Waals surface area contributed by atoms with Gasteiger partial charge in [-0.05, 0) is 82.7 Å². The molecule has 2 aliphatic rings. The predicted molar refractivity (Wildman–Crippen MR) is 189 cm³/mol. The number of nitrogens with one attached hydrogen (secondary N) is 2. The van der Waals surface area contributed by atoms with Crippen molar-refractivity contribution < 1.29 is 37.0 Å². The Morgan fingerprint density at radius 3 is 2.30 bits per heavy atom. The van der Waals surface area contributed by atoms with E-state index in [1.807, 2.05) is 18.5 Å². The average molecular weight is 800 g/mol. The molecule has 0 spiro atoms. The molecule has 0 radical (unpaired) electrons. The van der Waals surface area contributed by atoms with E-state index in [0.29, 0.717) is 46.6 Å². The van der Waals surface area contributed by atoms with E-state index in [9.17, 15) is 22.8 Å². The summed E-state index contributed by atoms with van der Waals surface area (Å²) in [7, 11) is 0. The highest BCUT2D eigenvalue weighted by Gasteiger charge is 2.33. The zero-order chi connectivity index (χ0) is 38.0. The molecule has 0 fully saturated rings. The van der Waals surface area contributed by atoms with Crippen molar-refractivity contribution in [3.63, 3.8) is 0 Å². The number of nitrogens with zero attached hydrogens (tertiary/aromatic N) is 7. The van der Waals surface area contributed by atoms with Crippen LogP contribution in [0.2, 0.25) is 0 Å². The van der Waals surface area contributed by atoms with Gasteiger partial charge in [0, 0.05) is 34.0 Å². The van der Waals surface area contributed by atoms with Crippen LogP contribution in [0.4, 0.5) is 30.8 Å². The first-order valence-corrected chi connectivity index (χ1v) is 17.4. The third-order valence-corrected chi connectivity index (χ3v) is 8.71. The molecule has 0 unspecified atom stereocenters. The number of nitrogens with two attached hydrogens (primary N) is 1. The monoisotopic (exact) mass is 798 g/mol. The molecule has 0 saturated carbocycles. The summed E-state index contributed by atoms with van der Waals surface area (Å²) in [6, 6.07) is 4.12. The molecule has 0 bridgehead atoms. The first-order valence-electron chi connectivity index (χ1n) is 16.6. The lowest BCUT2D eigenvalue weighted by molar-refractivity contribution is -0.274. The number of carbonyl (C=O) groups excluding carboxylic acids is 2. The molecule has 4 aromatic heterocycles. The minimum Gasteiger partial charge on any atom is -0.461 e. The van der Waals surface area contributed by atoms with Crippen molar-refractivity contribution in [2.75, 3.05) is 24.3 Å². The fraction of sp³-hybridized carbons (Fsp3) is 0.353. The summed E-state index contributed by atoms with van der Waals surface area (Å²) >= 11 is 3.23. The second-order valence-corrected chi connectivity index (χ2v) is 13.0. The Morgan fingerprint density at radius 1 is 0.962 bits per heavy atom. The Balaban J connectivity index is 0.000000192. The van der Waals surface area contributed by atoms with E-state index < -0.39 is 18.1 Å². The number of ether oxygens (including phenoxy) is 3. The smallest absolute Gasteiger partial charge is 0.461 e. The van der Waals surface area contributed by atoms with Crippen LogP contribution in [0, 0.1) is 0 Å². The van der Waals surface area contributed by atoms with Crippen LogP contribution in [-0.2, 0) is 35.2 Å². The third-order valence-electron chi connectivity index (χ3n) is 8.21. The van der Waals surface area contributed by atoms with Crippen molar-refractivity contribution in [2.24, 2.45) is 0 Å². The average Bonchev–Trinajstić information content (AvgIpc) is 3.73. The van der Waals surface area contributed by atoms with Crippen molar-refractivity contribution in [2.45, 2.75) is 65.8 Å². The molecule has 15 nitrogen and oxygen atoms in total. The van der Waals surface area contributed by atoms with Gasteiger partial charge in [0.05, 0.1) is 41.7 Å². The highest BCUT2D eigenvalue weighted by Crippen LogP contribution is 2.38. The molecule has 4 heterocycles. The first-order chi connectivity index (χ1) is 25.3. The molecule has 0 atom stereocenters. The number of rotatable bonds is 8. The normalized spacial score (nSPS) is 12.8. The van der Waals surface area contributed by atoms with Crippen LogP contribution in [0.25, 0.3) is 22.8 Å². The van der Waals surface area contributed by atoms with Gasteiger partial charge in [-0.2, -0.15) is 10.2 Å². The van der Waals surface area contributed by atoms with Crippen LogP contribution >= 0.6 is 15.9 Å². The molecule has 0 amide bonds. The Kier molecular flexibility index (Phi) is 10.6. The number of esters is 2. The molecule has 2 aliphatic carbocycles. The van der Waals surface area contributed by atoms with Gasteiger partial charge in [0.15, 0.2) is 17.1 Å². The van der Waals surface area contributed by atoms with Crippen LogP contribution in [0.5, 0.6) is 5.75 Å². The Bertz CT molecular complexity index is 2190. The summed E-state index contributed by atoms with van der Waals surface area (Å²) in [5.41, 5.74) is 12.4. The van der Waals surface area contributed by atoms with Crippen molar-refractivity contribution in [3.05, 3.63) is 68.7 Å². The third kappa shape index (κ3) is 7.93. The van der Waals surface area contributed by atoms with Gasteiger partial charge in [-0.1, -0.05) is 15.9 Å². The molecule has 0 saturated heterocycles.